The monoisotopic (exact) mass is 347 g/mol. The van der Waals surface area contributed by atoms with Crippen LogP contribution in [0.4, 0.5) is 4.39 Å². The van der Waals surface area contributed by atoms with Crippen LogP contribution in [0.3, 0.4) is 0 Å². The largest absolute Gasteiger partial charge is 0.378 e. The zero-order valence-electron chi connectivity index (χ0n) is 14.0. The van der Waals surface area contributed by atoms with E-state index < -0.39 is 0 Å². The van der Waals surface area contributed by atoms with Gasteiger partial charge in [0.2, 0.25) is 0 Å². The van der Waals surface area contributed by atoms with Gasteiger partial charge in [-0.3, -0.25) is 4.79 Å². The molecule has 25 heavy (non-hydrogen) atoms. The van der Waals surface area contributed by atoms with Crippen LogP contribution in [0.25, 0.3) is 5.69 Å². The Balaban J connectivity index is 1.56. The summed E-state index contributed by atoms with van der Waals surface area (Å²) < 4.78 is 18.7. The van der Waals surface area contributed by atoms with E-state index in [0.29, 0.717) is 31.9 Å². The molecule has 1 saturated heterocycles. The normalized spacial score (nSPS) is 15.5. The SMILES string of the molecule is NCCCOC1CCN(C(=O)c2cnn(-c3ccc(F)cc3)n2)CC1. The van der Waals surface area contributed by atoms with Crippen LogP contribution in [-0.4, -0.2) is 58.1 Å². The molecule has 0 saturated carbocycles. The van der Waals surface area contributed by atoms with Gasteiger partial charge in [0.1, 0.15) is 5.82 Å². The number of benzene rings is 1. The summed E-state index contributed by atoms with van der Waals surface area (Å²) in [5.74, 6) is -0.475. The standard InChI is InChI=1S/C17H22FN5O2/c18-13-2-4-14(5-3-13)23-20-12-16(21-23)17(24)22-9-6-15(7-10-22)25-11-1-8-19/h2-5,12,15H,1,6-11,19H2. The summed E-state index contributed by atoms with van der Waals surface area (Å²) in [6.45, 7) is 2.56. The van der Waals surface area contributed by atoms with Crippen molar-refractivity contribution in [3.05, 3.63) is 42.0 Å². The minimum Gasteiger partial charge on any atom is -0.378 e. The third-order valence-corrected chi connectivity index (χ3v) is 4.20. The summed E-state index contributed by atoms with van der Waals surface area (Å²) in [7, 11) is 0. The highest BCUT2D eigenvalue weighted by Gasteiger charge is 2.25. The van der Waals surface area contributed by atoms with Crippen LogP contribution >= 0.6 is 0 Å². The van der Waals surface area contributed by atoms with Gasteiger partial charge in [0.05, 0.1) is 18.0 Å². The highest BCUT2D eigenvalue weighted by Crippen LogP contribution is 2.16. The number of hydrogen-bond donors (Lipinski definition) is 1. The first-order chi connectivity index (χ1) is 12.2. The maximum atomic E-state index is 13.0. The van der Waals surface area contributed by atoms with E-state index in [1.807, 2.05) is 0 Å². The molecular weight excluding hydrogens is 325 g/mol. The number of nitrogens with zero attached hydrogens (tertiary/aromatic N) is 4. The van der Waals surface area contributed by atoms with E-state index in [9.17, 15) is 9.18 Å². The maximum Gasteiger partial charge on any atom is 0.276 e. The van der Waals surface area contributed by atoms with Gasteiger partial charge >= 0.3 is 0 Å². The average molecular weight is 347 g/mol. The second-order valence-electron chi connectivity index (χ2n) is 6.00. The van der Waals surface area contributed by atoms with Crippen molar-refractivity contribution < 1.29 is 13.9 Å². The van der Waals surface area contributed by atoms with Crippen molar-refractivity contribution in [1.82, 2.24) is 19.9 Å². The van der Waals surface area contributed by atoms with E-state index in [1.54, 1.807) is 17.0 Å². The molecule has 0 radical (unpaired) electrons. The van der Waals surface area contributed by atoms with E-state index in [-0.39, 0.29) is 23.5 Å². The zero-order chi connectivity index (χ0) is 17.6. The maximum absolute atomic E-state index is 13.0. The van der Waals surface area contributed by atoms with Gasteiger partial charge in [-0.15, -0.1) is 5.10 Å². The Morgan fingerprint density at radius 2 is 2.00 bits per heavy atom. The molecule has 1 aliphatic rings. The molecule has 8 heteroatoms. The molecule has 7 nitrogen and oxygen atoms in total. The molecule has 1 amide bonds. The Hall–Kier alpha value is -2.32. The molecule has 2 heterocycles. The summed E-state index contributed by atoms with van der Waals surface area (Å²) in [6.07, 6.45) is 4.09. The number of halogens is 1. The number of carbonyl (C=O) groups excluding carboxylic acids is 1. The number of rotatable bonds is 6. The predicted octanol–water partition coefficient (Wildman–Crippen LogP) is 1.38. The molecule has 0 bridgehead atoms. The Kier molecular flexibility index (Phi) is 5.72. The lowest BCUT2D eigenvalue weighted by Gasteiger charge is -2.31. The van der Waals surface area contributed by atoms with Crippen LogP contribution in [0.5, 0.6) is 0 Å². The van der Waals surface area contributed by atoms with E-state index >= 15 is 0 Å². The second kappa shape index (κ2) is 8.17. The lowest BCUT2D eigenvalue weighted by Crippen LogP contribution is -2.41. The third-order valence-electron chi connectivity index (χ3n) is 4.20. The van der Waals surface area contributed by atoms with Crippen molar-refractivity contribution >= 4 is 5.91 Å². The van der Waals surface area contributed by atoms with E-state index in [1.165, 1.54) is 23.1 Å². The van der Waals surface area contributed by atoms with Gasteiger partial charge in [-0.05, 0) is 50.1 Å². The number of piperidine rings is 1. The second-order valence-corrected chi connectivity index (χ2v) is 6.00. The Bertz CT molecular complexity index is 695. The number of hydrogen-bond acceptors (Lipinski definition) is 5. The fourth-order valence-electron chi connectivity index (χ4n) is 2.78. The number of carbonyl (C=O) groups is 1. The van der Waals surface area contributed by atoms with Crippen LogP contribution < -0.4 is 5.73 Å². The van der Waals surface area contributed by atoms with Crippen LogP contribution in [-0.2, 0) is 4.74 Å². The zero-order valence-corrected chi connectivity index (χ0v) is 14.0. The molecule has 0 atom stereocenters. The summed E-state index contributed by atoms with van der Waals surface area (Å²) in [4.78, 5) is 15.7. The molecular formula is C17H22FN5O2. The lowest BCUT2D eigenvalue weighted by molar-refractivity contribution is 0.00828. The van der Waals surface area contributed by atoms with Crippen molar-refractivity contribution in [2.75, 3.05) is 26.2 Å². The Labute approximate surface area is 145 Å². The molecule has 0 aliphatic carbocycles. The minimum absolute atomic E-state index is 0.145. The highest BCUT2D eigenvalue weighted by atomic mass is 19.1. The number of likely N-dealkylation sites (tertiary alicyclic amines) is 1. The fraction of sp³-hybridized carbons (Fsp3) is 0.471. The molecule has 2 aromatic rings. The molecule has 134 valence electrons. The number of amides is 1. The molecule has 2 N–H and O–H groups in total. The van der Waals surface area contributed by atoms with Crippen LogP contribution in [0, 0.1) is 5.82 Å². The first-order valence-electron chi connectivity index (χ1n) is 8.46. The number of aromatic nitrogens is 3. The molecule has 1 aliphatic heterocycles. The average Bonchev–Trinajstić information content (AvgIpc) is 3.13. The molecule has 1 aromatic heterocycles. The van der Waals surface area contributed by atoms with Gasteiger partial charge < -0.3 is 15.4 Å². The van der Waals surface area contributed by atoms with Gasteiger partial charge in [0, 0.05) is 19.7 Å². The van der Waals surface area contributed by atoms with Gasteiger partial charge in [0.15, 0.2) is 5.69 Å². The van der Waals surface area contributed by atoms with Crippen molar-refractivity contribution in [3.63, 3.8) is 0 Å². The van der Waals surface area contributed by atoms with Gasteiger partial charge in [-0.25, -0.2) is 4.39 Å². The van der Waals surface area contributed by atoms with Crippen molar-refractivity contribution in [3.8, 4) is 5.69 Å². The van der Waals surface area contributed by atoms with Gasteiger partial charge in [-0.2, -0.15) is 9.90 Å². The minimum atomic E-state index is -0.330. The summed E-state index contributed by atoms with van der Waals surface area (Å²) in [6, 6.07) is 5.78. The quantitative estimate of drug-likeness (QED) is 0.798. The Morgan fingerprint density at radius 1 is 1.28 bits per heavy atom. The number of nitrogens with two attached hydrogens (primary N) is 1. The van der Waals surface area contributed by atoms with E-state index in [4.69, 9.17) is 10.5 Å². The molecule has 3 rings (SSSR count). The van der Waals surface area contributed by atoms with Crippen LogP contribution in [0.2, 0.25) is 0 Å². The van der Waals surface area contributed by atoms with Crippen molar-refractivity contribution in [2.24, 2.45) is 5.73 Å². The topological polar surface area (TPSA) is 86.3 Å². The first-order valence-corrected chi connectivity index (χ1v) is 8.46. The third kappa shape index (κ3) is 4.40. The summed E-state index contributed by atoms with van der Waals surface area (Å²) in [5, 5.41) is 8.31. The van der Waals surface area contributed by atoms with Crippen molar-refractivity contribution in [1.29, 1.82) is 0 Å². The Morgan fingerprint density at radius 3 is 2.68 bits per heavy atom. The predicted molar refractivity (Wildman–Crippen MR) is 89.9 cm³/mol. The summed E-state index contributed by atoms with van der Waals surface area (Å²) in [5.41, 5.74) is 6.34. The van der Waals surface area contributed by atoms with E-state index in [2.05, 4.69) is 10.2 Å². The fourth-order valence-corrected chi connectivity index (χ4v) is 2.78. The van der Waals surface area contributed by atoms with Crippen molar-refractivity contribution in [2.45, 2.75) is 25.4 Å². The molecule has 0 spiro atoms. The van der Waals surface area contributed by atoms with Gasteiger partial charge in [0.25, 0.3) is 5.91 Å². The van der Waals surface area contributed by atoms with Gasteiger partial charge in [-0.1, -0.05) is 0 Å². The van der Waals surface area contributed by atoms with E-state index in [0.717, 1.165) is 19.3 Å². The summed E-state index contributed by atoms with van der Waals surface area (Å²) >= 11 is 0. The first kappa shape index (κ1) is 17.5. The molecule has 0 unspecified atom stereocenters. The molecule has 1 fully saturated rings. The lowest BCUT2D eigenvalue weighted by atomic mass is 10.1. The highest BCUT2D eigenvalue weighted by molar-refractivity contribution is 5.92. The van der Waals surface area contributed by atoms with Crippen LogP contribution in [0.15, 0.2) is 30.5 Å². The molecule has 1 aromatic carbocycles. The smallest absolute Gasteiger partial charge is 0.276 e. The number of ether oxygens (including phenoxy) is 1. The van der Waals surface area contributed by atoms with Crippen LogP contribution in [0.1, 0.15) is 29.8 Å².